The number of aromatic nitrogens is 2. The van der Waals surface area contributed by atoms with Crippen molar-refractivity contribution in [3.05, 3.63) is 12.4 Å². The molecule has 16 heavy (non-hydrogen) atoms. The van der Waals surface area contributed by atoms with Crippen LogP contribution in [-0.4, -0.2) is 61.2 Å². The minimum absolute atomic E-state index is 0.171. The predicted molar refractivity (Wildman–Crippen MR) is 59.9 cm³/mol. The Morgan fingerprint density at radius 3 is 2.62 bits per heavy atom. The number of aliphatic hydroxyl groups is 1. The Hall–Kier alpha value is -0.920. The van der Waals surface area contributed by atoms with Crippen LogP contribution in [0.2, 0.25) is 0 Å². The minimum Gasteiger partial charge on any atom is -0.390 e. The summed E-state index contributed by atoms with van der Waals surface area (Å²) in [5.41, 5.74) is 0. The third-order valence-corrected chi connectivity index (χ3v) is 3.08. The van der Waals surface area contributed by atoms with E-state index in [1.54, 1.807) is 0 Å². The summed E-state index contributed by atoms with van der Waals surface area (Å²) in [7, 11) is 0.495. The van der Waals surface area contributed by atoms with E-state index in [1.165, 1.54) is 17.1 Å². The quantitative estimate of drug-likeness (QED) is 0.738. The van der Waals surface area contributed by atoms with Crippen molar-refractivity contribution >= 4 is 9.84 Å². The summed E-state index contributed by atoms with van der Waals surface area (Å²) in [6, 6.07) is 0. The summed E-state index contributed by atoms with van der Waals surface area (Å²) in [5.74, 6) is 0. The molecule has 0 aromatic carbocycles. The molecular weight excluding hydrogens is 230 g/mol. The average molecular weight is 247 g/mol. The Labute approximate surface area is 95.4 Å². The normalized spacial score (nSPS) is 14.3. The Bertz CT molecular complexity index is 439. The van der Waals surface area contributed by atoms with Crippen molar-refractivity contribution in [3.8, 4) is 0 Å². The molecule has 1 aromatic rings. The molecule has 0 amide bonds. The summed E-state index contributed by atoms with van der Waals surface area (Å²) < 4.78 is 23.8. The van der Waals surface area contributed by atoms with Gasteiger partial charge >= 0.3 is 0 Å². The molecule has 0 spiro atoms. The van der Waals surface area contributed by atoms with Gasteiger partial charge in [0.25, 0.3) is 0 Å². The molecule has 1 atom stereocenters. The molecule has 0 saturated heterocycles. The first-order valence-corrected chi connectivity index (χ1v) is 6.73. The van der Waals surface area contributed by atoms with E-state index in [0.29, 0.717) is 6.54 Å². The van der Waals surface area contributed by atoms with Crippen LogP contribution in [0.1, 0.15) is 0 Å². The fourth-order valence-electron chi connectivity index (χ4n) is 1.33. The maximum Gasteiger partial charge on any atom is 0.178 e. The van der Waals surface area contributed by atoms with E-state index in [4.69, 9.17) is 0 Å². The lowest BCUT2D eigenvalue weighted by molar-refractivity contribution is 0.116. The van der Waals surface area contributed by atoms with Gasteiger partial charge in [0.15, 0.2) is 9.84 Å². The predicted octanol–water partition coefficient (Wildman–Crippen LogP) is -0.791. The zero-order valence-corrected chi connectivity index (χ0v) is 10.5. The van der Waals surface area contributed by atoms with Gasteiger partial charge in [-0.2, -0.15) is 5.10 Å². The van der Waals surface area contributed by atoms with Crippen molar-refractivity contribution in [2.24, 2.45) is 0 Å². The van der Waals surface area contributed by atoms with Gasteiger partial charge in [-0.05, 0) is 14.1 Å². The molecule has 92 valence electrons. The van der Waals surface area contributed by atoms with Crippen LogP contribution in [0.15, 0.2) is 17.3 Å². The third kappa shape index (κ3) is 3.92. The first kappa shape index (κ1) is 13.1. The van der Waals surface area contributed by atoms with Crippen LogP contribution in [0.4, 0.5) is 0 Å². The van der Waals surface area contributed by atoms with Gasteiger partial charge in [0.1, 0.15) is 4.90 Å². The lowest BCUT2D eigenvalue weighted by Gasteiger charge is -2.15. The number of aliphatic hydroxyl groups excluding tert-OH is 1. The maximum atomic E-state index is 11.2. The van der Waals surface area contributed by atoms with Gasteiger partial charge in [0.05, 0.1) is 18.8 Å². The van der Waals surface area contributed by atoms with Crippen LogP contribution in [0.3, 0.4) is 0 Å². The Balaban J connectivity index is 2.66. The van der Waals surface area contributed by atoms with Crippen molar-refractivity contribution < 1.29 is 13.5 Å². The molecule has 6 nitrogen and oxygen atoms in total. The number of rotatable bonds is 5. The highest BCUT2D eigenvalue weighted by Crippen LogP contribution is 2.06. The molecule has 0 saturated carbocycles. The molecule has 1 heterocycles. The second kappa shape index (κ2) is 4.94. The number of hydrogen-bond donors (Lipinski definition) is 1. The van der Waals surface area contributed by atoms with Crippen molar-refractivity contribution in [3.63, 3.8) is 0 Å². The van der Waals surface area contributed by atoms with Gasteiger partial charge in [-0.3, -0.25) is 4.68 Å². The smallest absolute Gasteiger partial charge is 0.178 e. The minimum atomic E-state index is -3.22. The number of nitrogens with zero attached hydrogens (tertiary/aromatic N) is 3. The Morgan fingerprint density at radius 1 is 1.56 bits per heavy atom. The van der Waals surface area contributed by atoms with E-state index in [1.807, 2.05) is 19.0 Å². The topological polar surface area (TPSA) is 75.4 Å². The van der Waals surface area contributed by atoms with Crippen molar-refractivity contribution in [1.29, 1.82) is 0 Å². The summed E-state index contributed by atoms with van der Waals surface area (Å²) in [5, 5.41) is 13.5. The van der Waals surface area contributed by atoms with Gasteiger partial charge in [0.2, 0.25) is 0 Å². The molecule has 0 radical (unpaired) electrons. The van der Waals surface area contributed by atoms with Gasteiger partial charge in [-0.25, -0.2) is 8.42 Å². The van der Waals surface area contributed by atoms with E-state index in [9.17, 15) is 13.5 Å². The van der Waals surface area contributed by atoms with Gasteiger partial charge in [-0.1, -0.05) is 0 Å². The van der Waals surface area contributed by atoms with Crippen molar-refractivity contribution in [1.82, 2.24) is 14.7 Å². The van der Waals surface area contributed by atoms with Crippen LogP contribution >= 0.6 is 0 Å². The van der Waals surface area contributed by atoms with E-state index in [2.05, 4.69) is 5.10 Å². The van der Waals surface area contributed by atoms with Crippen molar-refractivity contribution in [2.45, 2.75) is 17.5 Å². The highest BCUT2D eigenvalue weighted by molar-refractivity contribution is 7.90. The molecule has 0 bridgehead atoms. The summed E-state index contributed by atoms with van der Waals surface area (Å²) in [6.07, 6.45) is 3.28. The molecule has 0 fully saturated rings. The van der Waals surface area contributed by atoms with Crippen molar-refractivity contribution in [2.75, 3.05) is 26.9 Å². The molecule has 1 N–H and O–H groups in total. The zero-order valence-electron chi connectivity index (χ0n) is 9.66. The molecule has 1 unspecified atom stereocenters. The van der Waals surface area contributed by atoms with Crippen LogP contribution in [0.5, 0.6) is 0 Å². The Kier molecular flexibility index (Phi) is 4.06. The van der Waals surface area contributed by atoms with E-state index < -0.39 is 15.9 Å². The third-order valence-electron chi connectivity index (χ3n) is 2.01. The van der Waals surface area contributed by atoms with Crippen LogP contribution in [0.25, 0.3) is 0 Å². The van der Waals surface area contributed by atoms with Gasteiger partial charge in [-0.15, -0.1) is 0 Å². The number of likely N-dealkylation sites (N-methyl/N-ethyl adjacent to an activating group) is 1. The first-order chi connectivity index (χ1) is 7.29. The monoisotopic (exact) mass is 247 g/mol. The molecule has 7 heteroatoms. The SMILES string of the molecule is CN(C)CC(O)Cn1cc(S(C)(=O)=O)cn1. The summed E-state index contributed by atoms with van der Waals surface area (Å²) >= 11 is 0. The first-order valence-electron chi connectivity index (χ1n) is 4.84. The van der Waals surface area contributed by atoms with E-state index >= 15 is 0 Å². The van der Waals surface area contributed by atoms with Gasteiger partial charge < -0.3 is 10.0 Å². The molecule has 1 rings (SSSR count). The lowest BCUT2D eigenvalue weighted by Crippen LogP contribution is -2.29. The fourth-order valence-corrected chi connectivity index (χ4v) is 1.88. The lowest BCUT2D eigenvalue weighted by atomic mass is 10.3. The molecule has 0 aliphatic carbocycles. The Morgan fingerprint density at radius 2 is 2.19 bits per heavy atom. The standard InChI is InChI=1S/C9H17N3O3S/c1-11(2)5-8(13)6-12-7-9(4-10-12)16(3,14)15/h4,7-8,13H,5-6H2,1-3H3. The van der Waals surface area contributed by atoms with E-state index in [-0.39, 0.29) is 11.4 Å². The molecular formula is C9H17N3O3S. The second-order valence-corrected chi connectivity index (χ2v) is 6.10. The van der Waals surface area contributed by atoms with Crippen LogP contribution < -0.4 is 0 Å². The number of hydrogen-bond acceptors (Lipinski definition) is 5. The van der Waals surface area contributed by atoms with Crippen LogP contribution in [-0.2, 0) is 16.4 Å². The highest BCUT2D eigenvalue weighted by atomic mass is 32.2. The van der Waals surface area contributed by atoms with E-state index in [0.717, 1.165) is 6.26 Å². The second-order valence-electron chi connectivity index (χ2n) is 4.09. The summed E-state index contributed by atoms with van der Waals surface area (Å²) in [6.45, 7) is 0.793. The van der Waals surface area contributed by atoms with Gasteiger partial charge in [0, 0.05) is 19.0 Å². The number of sulfone groups is 1. The largest absolute Gasteiger partial charge is 0.390 e. The summed E-state index contributed by atoms with van der Waals surface area (Å²) in [4.78, 5) is 2.02. The van der Waals surface area contributed by atoms with Crippen LogP contribution in [0, 0.1) is 0 Å². The average Bonchev–Trinajstić information content (AvgIpc) is 2.49. The highest BCUT2D eigenvalue weighted by Gasteiger charge is 2.12. The zero-order chi connectivity index (χ0) is 12.3. The maximum absolute atomic E-state index is 11.2. The molecule has 0 aliphatic rings. The molecule has 0 aliphatic heterocycles. The molecule has 1 aromatic heterocycles. The fraction of sp³-hybridized carbons (Fsp3) is 0.667.